The minimum atomic E-state index is -3.84. The Morgan fingerprint density at radius 2 is 1.71 bits per heavy atom. The van der Waals surface area contributed by atoms with Gasteiger partial charge in [-0.05, 0) is 59.7 Å². The molecule has 1 unspecified atom stereocenters. The summed E-state index contributed by atoms with van der Waals surface area (Å²) in [6, 6.07) is 17.2. The van der Waals surface area contributed by atoms with Crippen LogP contribution in [0.15, 0.2) is 65.6 Å². The Balaban J connectivity index is 1.40. The largest absolute Gasteiger partial charge is 0.312 e. The van der Waals surface area contributed by atoms with E-state index < -0.39 is 10.0 Å². The molecule has 0 spiro atoms. The van der Waals surface area contributed by atoms with E-state index in [1.807, 2.05) is 18.2 Å². The second kappa shape index (κ2) is 7.28. The van der Waals surface area contributed by atoms with E-state index in [1.165, 1.54) is 18.2 Å². The van der Waals surface area contributed by atoms with E-state index in [1.54, 1.807) is 29.2 Å². The van der Waals surface area contributed by atoms with E-state index in [-0.39, 0.29) is 22.5 Å². The molecule has 3 aromatic rings. The molecule has 0 saturated heterocycles. The lowest BCUT2D eigenvalue weighted by atomic mass is 10.0. The van der Waals surface area contributed by atoms with Gasteiger partial charge in [-0.3, -0.25) is 4.79 Å². The summed E-state index contributed by atoms with van der Waals surface area (Å²) in [5.41, 5.74) is 5.06. The van der Waals surface area contributed by atoms with Crippen molar-refractivity contribution in [3.8, 4) is 11.1 Å². The number of rotatable bonds is 3. The summed E-state index contributed by atoms with van der Waals surface area (Å²) in [7, 11) is -3.84. The lowest BCUT2D eigenvalue weighted by molar-refractivity contribution is -0.122. The van der Waals surface area contributed by atoms with E-state index in [0.717, 1.165) is 22.3 Å². The highest BCUT2D eigenvalue weighted by Crippen LogP contribution is 2.36. The van der Waals surface area contributed by atoms with Crippen LogP contribution in [-0.2, 0) is 34.1 Å². The first-order chi connectivity index (χ1) is 14.8. The molecule has 3 aromatic carbocycles. The Morgan fingerprint density at radius 1 is 0.968 bits per heavy atom. The molecule has 1 heterocycles. The van der Waals surface area contributed by atoms with Crippen LogP contribution in [0.4, 0.5) is 10.1 Å². The number of amides is 1. The second-order valence-electron chi connectivity index (χ2n) is 8.14. The van der Waals surface area contributed by atoms with Gasteiger partial charge in [0.05, 0.1) is 4.90 Å². The van der Waals surface area contributed by atoms with Gasteiger partial charge in [0.15, 0.2) is 0 Å². The van der Waals surface area contributed by atoms with Crippen LogP contribution >= 0.6 is 0 Å². The van der Waals surface area contributed by atoms with Gasteiger partial charge < -0.3 is 4.90 Å². The molecule has 0 radical (unpaired) electrons. The van der Waals surface area contributed by atoms with Crippen molar-refractivity contribution in [2.45, 2.75) is 24.2 Å². The zero-order chi connectivity index (χ0) is 21.8. The number of nitrogens with zero attached hydrogens (tertiary/aromatic N) is 1. The molecule has 2 N–H and O–H groups in total. The Kier molecular flexibility index (Phi) is 4.68. The summed E-state index contributed by atoms with van der Waals surface area (Å²) in [6.07, 6.45) is 1.88. The third-order valence-corrected chi connectivity index (χ3v) is 7.13. The number of nitrogens with two attached hydrogens (primary N) is 1. The van der Waals surface area contributed by atoms with Crippen molar-refractivity contribution in [2.24, 2.45) is 11.1 Å². The van der Waals surface area contributed by atoms with E-state index in [0.29, 0.717) is 37.1 Å². The van der Waals surface area contributed by atoms with E-state index >= 15 is 0 Å². The van der Waals surface area contributed by atoms with Crippen molar-refractivity contribution in [1.82, 2.24) is 0 Å². The SMILES string of the molecule is NS(=O)(=O)c1ccc2c(c1)N(C(=O)C1Cc3ccc(-c4ccccc4F)cc3C1)CC2. The van der Waals surface area contributed by atoms with Crippen molar-refractivity contribution >= 4 is 21.6 Å². The number of carbonyl (C=O) groups is 1. The number of anilines is 1. The molecule has 158 valence electrons. The molecule has 0 saturated carbocycles. The molecule has 5 nitrogen and oxygen atoms in total. The van der Waals surface area contributed by atoms with Gasteiger partial charge in [0.1, 0.15) is 5.82 Å². The highest BCUT2D eigenvalue weighted by atomic mass is 32.2. The highest BCUT2D eigenvalue weighted by Gasteiger charge is 2.34. The van der Waals surface area contributed by atoms with Gasteiger partial charge in [-0.15, -0.1) is 0 Å². The third-order valence-electron chi connectivity index (χ3n) is 6.22. The lowest BCUT2D eigenvalue weighted by Gasteiger charge is -2.21. The summed E-state index contributed by atoms with van der Waals surface area (Å²) in [5.74, 6) is -0.517. The molecule has 1 aliphatic carbocycles. The van der Waals surface area contributed by atoms with Crippen molar-refractivity contribution in [2.75, 3.05) is 11.4 Å². The summed E-state index contributed by atoms with van der Waals surface area (Å²) in [4.78, 5) is 15.0. The Hall–Kier alpha value is -3.03. The van der Waals surface area contributed by atoms with Crippen molar-refractivity contribution in [3.05, 3.63) is 83.2 Å². The van der Waals surface area contributed by atoms with Crippen LogP contribution in [0.5, 0.6) is 0 Å². The number of benzene rings is 3. The summed E-state index contributed by atoms with van der Waals surface area (Å²) in [5, 5.41) is 5.27. The molecule has 2 aliphatic rings. The maximum atomic E-state index is 14.2. The Labute approximate surface area is 180 Å². The molecule has 0 bridgehead atoms. The van der Waals surface area contributed by atoms with Crippen LogP contribution in [-0.4, -0.2) is 20.9 Å². The number of sulfonamides is 1. The van der Waals surface area contributed by atoms with E-state index in [4.69, 9.17) is 5.14 Å². The number of hydrogen-bond acceptors (Lipinski definition) is 3. The number of carbonyl (C=O) groups excluding carboxylic acids is 1. The molecule has 31 heavy (non-hydrogen) atoms. The number of primary sulfonamides is 1. The number of fused-ring (bicyclic) bond motifs is 2. The number of hydrogen-bond donors (Lipinski definition) is 1. The first-order valence-corrected chi connectivity index (χ1v) is 11.7. The monoisotopic (exact) mass is 436 g/mol. The van der Waals surface area contributed by atoms with Crippen molar-refractivity contribution in [1.29, 1.82) is 0 Å². The van der Waals surface area contributed by atoms with Gasteiger partial charge in [-0.1, -0.05) is 42.5 Å². The Morgan fingerprint density at radius 3 is 2.48 bits per heavy atom. The van der Waals surface area contributed by atoms with Crippen LogP contribution < -0.4 is 10.0 Å². The minimum Gasteiger partial charge on any atom is -0.312 e. The van der Waals surface area contributed by atoms with Crippen molar-refractivity contribution in [3.63, 3.8) is 0 Å². The van der Waals surface area contributed by atoms with Gasteiger partial charge in [0, 0.05) is 23.7 Å². The molecule has 7 heteroatoms. The summed E-state index contributed by atoms with van der Waals surface area (Å²) < 4.78 is 37.7. The maximum Gasteiger partial charge on any atom is 0.238 e. The van der Waals surface area contributed by atoms with E-state index in [9.17, 15) is 17.6 Å². The number of halogens is 1. The maximum absolute atomic E-state index is 14.2. The topological polar surface area (TPSA) is 80.5 Å². The van der Waals surface area contributed by atoms with Crippen LogP contribution in [0.25, 0.3) is 11.1 Å². The molecule has 1 amide bonds. The van der Waals surface area contributed by atoms with Gasteiger partial charge >= 0.3 is 0 Å². The third kappa shape index (κ3) is 3.54. The fourth-order valence-corrected chi connectivity index (χ4v) is 5.17. The smallest absolute Gasteiger partial charge is 0.238 e. The summed E-state index contributed by atoms with van der Waals surface area (Å²) in [6.45, 7) is 0.523. The van der Waals surface area contributed by atoms with Crippen LogP contribution in [0, 0.1) is 11.7 Å². The predicted molar refractivity (Wildman–Crippen MR) is 117 cm³/mol. The molecule has 5 rings (SSSR count). The van der Waals surface area contributed by atoms with Gasteiger partial charge in [-0.25, -0.2) is 17.9 Å². The zero-order valence-electron chi connectivity index (χ0n) is 16.7. The van der Waals surface area contributed by atoms with E-state index in [2.05, 4.69) is 0 Å². The average molecular weight is 437 g/mol. The lowest BCUT2D eigenvalue weighted by Crippen LogP contribution is -2.35. The Bertz CT molecular complexity index is 1320. The predicted octanol–water partition coefficient (Wildman–Crippen LogP) is 3.44. The standard InChI is InChI=1S/C24H21FN2O3S/c25-22-4-2-1-3-21(22)17-6-5-16-11-19(13-18(16)12-17)24(28)27-10-9-15-7-8-20(14-23(15)27)31(26,29)30/h1-8,12,14,19H,9-11,13H2,(H2,26,29,30). The quantitative estimate of drug-likeness (QED) is 0.683. The molecule has 0 fully saturated rings. The highest BCUT2D eigenvalue weighted by molar-refractivity contribution is 7.89. The zero-order valence-corrected chi connectivity index (χ0v) is 17.5. The van der Waals surface area contributed by atoms with Gasteiger partial charge in [0.25, 0.3) is 0 Å². The molecule has 0 aromatic heterocycles. The van der Waals surface area contributed by atoms with Crippen LogP contribution in [0.3, 0.4) is 0 Å². The molecule has 1 aliphatic heterocycles. The average Bonchev–Trinajstić information content (AvgIpc) is 3.36. The fraction of sp³-hybridized carbons (Fsp3) is 0.208. The fourth-order valence-electron chi connectivity index (χ4n) is 4.64. The van der Waals surface area contributed by atoms with Gasteiger partial charge in [0.2, 0.25) is 15.9 Å². The van der Waals surface area contributed by atoms with Gasteiger partial charge in [-0.2, -0.15) is 0 Å². The molecule has 1 atom stereocenters. The van der Waals surface area contributed by atoms with Crippen LogP contribution in [0.2, 0.25) is 0 Å². The van der Waals surface area contributed by atoms with Crippen LogP contribution in [0.1, 0.15) is 16.7 Å². The second-order valence-corrected chi connectivity index (χ2v) is 9.71. The minimum absolute atomic E-state index is 0.00943. The first-order valence-electron chi connectivity index (χ1n) is 10.1. The molecular weight excluding hydrogens is 415 g/mol. The summed E-state index contributed by atoms with van der Waals surface area (Å²) >= 11 is 0. The van der Waals surface area contributed by atoms with Crippen molar-refractivity contribution < 1.29 is 17.6 Å². The normalized spacial score (nSPS) is 17.5. The molecular formula is C24H21FN2O3S. The first kappa shape index (κ1) is 19.9.